The summed E-state index contributed by atoms with van der Waals surface area (Å²) >= 11 is 5.73. The van der Waals surface area contributed by atoms with Gasteiger partial charge in [0.25, 0.3) is 0 Å². The number of rotatable bonds is 2. The lowest BCUT2D eigenvalue weighted by Crippen LogP contribution is -2.06. The van der Waals surface area contributed by atoms with Crippen molar-refractivity contribution in [2.45, 2.75) is 6.18 Å². The van der Waals surface area contributed by atoms with E-state index in [0.717, 1.165) is 24.3 Å². The summed E-state index contributed by atoms with van der Waals surface area (Å²) in [4.78, 5) is 0. The molecule has 0 saturated carbocycles. The number of hydrogen-bond donors (Lipinski definition) is 2. The molecule has 0 aliphatic carbocycles. The van der Waals surface area contributed by atoms with Gasteiger partial charge in [-0.05, 0) is 30.3 Å². The summed E-state index contributed by atoms with van der Waals surface area (Å²) in [6.07, 6.45) is -4.60. The zero-order valence-electron chi connectivity index (χ0n) is 10.2. The van der Waals surface area contributed by atoms with E-state index in [1.807, 2.05) is 0 Å². The molecule has 3 N–H and O–H groups in total. The van der Waals surface area contributed by atoms with Crippen LogP contribution in [0.3, 0.4) is 0 Å². The molecule has 0 aliphatic rings. The zero-order chi connectivity index (χ0) is 15.8. The molecular formula is C13H8ClF5N2. The Bertz CT molecular complexity index is 662. The summed E-state index contributed by atoms with van der Waals surface area (Å²) < 4.78 is 65.1. The summed E-state index contributed by atoms with van der Waals surface area (Å²) in [5.74, 6) is -2.08. The van der Waals surface area contributed by atoms with Gasteiger partial charge in [0, 0.05) is 5.69 Å². The van der Waals surface area contributed by atoms with E-state index in [0.29, 0.717) is 6.07 Å². The van der Waals surface area contributed by atoms with Gasteiger partial charge in [0.1, 0.15) is 5.69 Å². The number of hydrogen-bond acceptors (Lipinski definition) is 2. The third kappa shape index (κ3) is 3.36. The maximum Gasteiger partial charge on any atom is 0.416 e. The van der Waals surface area contributed by atoms with Crippen LogP contribution in [-0.2, 0) is 6.18 Å². The van der Waals surface area contributed by atoms with Crippen LogP contribution in [0.5, 0.6) is 0 Å². The number of halogens is 6. The minimum Gasteiger partial charge on any atom is -0.399 e. The first-order valence-electron chi connectivity index (χ1n) is 5.57. The molecule has 2 aromatic rings. The minimum atomic E-state index is -4.60. The van der Waals surface area contributed by atoms with Crippen LogP contribution in [0.15, 0.2) is 30.3 Å². The first-order valence-corrected chi connectivity index (χ1v) is 5.94. The fourth-order valence-corrected chi connectivity index (χ4v) is 1.81. The van der Waals surface area contributed by atoms with E-state index in [1.165, 1.54) is 0 Å². The van der Waals surface area contributed by atoms with Crippen LogP contribution in [0.4, 0.5) is 39.0 Å². The molecule has 0 saturated heterocycles. The van der Waals surface area contributed by atoms with Gasteiger partial charge < -0.3 is 11.1 Å². The van der Waals surface area contributed by atoms with Gasteiger partial charge in [0.15, 0.2) is 11.6 Å². The second-order valence-electron chi connectivity index (χ2n) is 4.18. The topological polar surface area (TPSA) is 38.0 Å². The van der Waals surface area contributed by atoms with Gasteiger partial charge >= 0.3 is 6.18 Å². The lowest BCUT2D eigenvalue weighted by atomic mass is 10.1. The Labute approximate surface area is 121 Å². The van der Waals surface area contributed by atoms with Crippen molar-refractivity contribution in [3.8, 4) is 0 Å². The van der Waals surface area contributed by atoms with Crippen molar-refractivity contribution in [2.75, 3.05) is 11.1 Å². The van der Waals surface area contributed by atoms with Crippen molar-refractivity contribution in [1.29, 1.82) is 0 Å². The van der Waals surface area contributed by atoms with E-state index in [-0.39, 0.29) is 16.4 Å². The molecule has 0 spiro atoms. The van der Waals surface area contributed by atoms with E-state index in [9.17, 15) is 22.0 Å². The van der Waals surface area contributed by atoms with Crippen molar-refractivity contribution in [1.82, 2.24) is 0 Å². The molecule has 0 fully saturated rings. The highest BCUT2D eigenvalue weighted by Gasteiger charge is 2.31. The van der Waals surface area contributed by atoms with Crippen molar-refractivity contribution in [2.24, 2.45) is 0 Å². The Hall–Kier alpha value is -2.02. The second kappa shape index (κ2) is 5.40. The number of alkyl halides is 3. The third-order valence-corrected chi connectivity index (χ3v) is 2.95. The fraction of sp³-hybridized carbons (Fsp3) is 0.0769. The molecular weight excluding hydrogens is 315 g/mol. The van der Waals surface area contributed by atoms with Crippen LogP contribution >= 0.6 is 11.6 Å². The maximum absolute atomic E-state index is 13.6. The number of nitrogens with two attached hydrogens (primary N) is 1. The smallest absolute Gasteiger partial charge is 0.399 e. The Balaban J connectivity index is 2.45. The fourth-order valence-electron chi connectivity index (χ4n) is 1.64. The quantitative estimate of drug-likeness (QED) is 0.605. The van der Waals surface area contributed by atoms with Crippen LogP contribution in [0.25, 0.3) is 0 Å². The average Bonchev–Trinajstić information content (AvgIpc) is 2.34. The monoisotopic (exact) mass is 322 g/mol. The van der Waals surface area contributed by atoms with E-state index in [4.69, 9.17) is 17.3 Å². The standard InChI is InChI=1S/C13H8ClF5N2/c14-8-2-1-6(13(17,18)19)3-11(8)21-12-9(15)4-7(20)5-10(12)16/h1-5,21H,20H2. The normalized spacial score (nSPS) is 11.5. The van der Waals surface area contributed by atoms with Crippen LogP contribution in [0, 0.1) is 11.6 Å². The number of nitrogen functional groups attached to an aromatic ring is 1. The molecule has 21 heavy (non-hydrogen) atoms. The van der Waals surface area contributed by atoms with E-state index >= 15 is 0 Å². The van der Waals surface area contributed by atoms with Crippen molar-refractivity contribution >= 4 is 28.7 Å². The van der Waals surface area contributed by atoms with Crippen LogP contribution in [0.1, 0.15) is 5.56 Å². The molecule has 0 radical (unpaired) electrons. The molecule has 0 heterocycles. The molecule has 2 nitrogen and oxygen atoms in total. The highest BCUT2D eigenvalue weighted by molar-refractivity contribution is 6.33. The van der Waals surface area contributed by atoms with Crippen molar-refractivity contribution in [3.63, 3.8) is 0 Å². The Morgan fingerprint density at radius 2 is 1.57 bits per heavy atom. The molecule has 8 heteroatoms. The predicted octanol–water partition coefficient (Wildman–Crippen LogP) is 4.96. The lowest BCUT2D eigenvalue weighted by molar-refractivity contribution is -0.137. The van der Waals surface area contributed by atoms with Crippen LogP contribution in [0.2, 0.25) is 5.02 Å². The molecule has 112 valence electrons. The summed E-state index contributed by atoms with van der Waals surface area (Å²) in [6, 6.07) is 4.10. The van der Waals surface area contributed by atoms with Crippen molar-refractivity contribution < 1.29 is 22.0 Å². The minimum absolute atomic E-state index is 0.112. The number of anilines is 3. The van der Waals surface area contributed by atoms with E-state index in [1.54, 1.807) is 0 Å². The van der Waals surface area contributed by atoms with E-state index in [2.05, 4.69) is 5.32 Å². The largest absolute Gasteiger partial charge is 0.416 e. The molecule has 0 amide bonds. The lowest BCUT2D eigenvalue weighted by Gasteiger charge is -2.13. The molecule has 2 aromatic carbocycles. The van der Waals surface area contributed by atoms with Gasteiger partial charge in [-0.25, -0.2) is 8.78 Å². The molecule has 0 aliphatic heterocycles. The van der Waals surface area contributed by atoms with Gasteiger partial charge in [-0.15, -0.1) is 0 Å². The summed E-state index contributed by atoms with van der Waals surface area (Å²) in [6.45, 7) is 0. The Morgan fingerprint density at radius 3 is 2.10 bits per heavy atom. The predicted molar refractivity (Wildman–Crippen MR) is 70.5 cm³/mol. The van der Waals surface area contributed by atoms with Gasteiger partial charge in [-0.1, -0.05) is 11.6 Å². The number of nitrogens with one attached hydrogen (secondary N) is 1. The first kappa shape index (κ1) is 15.4. The highest BCUT2D eigenvalue weighted by Crippen LogP contribution is 2.36. The van der Waals surface area contributed by atoms with Crippen LogP contribution < -0.4 is 11.1 Å². The zero-order valence-corrected chi connectivity index (χ0v) is 11.0. The Kier molecular flexibility index (Phi) is 3.95. The molecule has 0 unspecified atom stereocenters. The number of benzene rings is 2. The van der Waals surface area contributed by atoms with Crippen molar-refractivity contribution in [3.05, 3.63) is 52.6 Å². The van der Waals surface area contributed by atoms with Gasteiger partial charge in [-0.3, -0.25) is 0 Å². The third-order valence-electron chi connectivity index (χ3n) is 2.62. The highest BCUT2D eigenvalue weighted by atomic mass is 35.5. The summed E-state index contributed by atoms with van der Waals surface area (Å²) in [5.41, 5.74) is 3.20. The molecule has 0 atom stereocenters. The van der Waals surface area contributed by atoms with Gasteiger partial charge in [0.2, 0.25) is 0 Å². The average molecular weight is 323 g/mol. The van der Waals surface area contributed by atoms with Crippen LogP contribution in [-0.4, -0.2) is 0 Å². The van der Waals surface area contributed by atoms with Gasteiger partial charge in [0.05, 0.1) is 16.3 Å². The second-order valence-corrected chi connectivity index (χ2v) is 4.58. The maximum atomic E-state index is 13.6. The van der Waals surface area contributed by atoms with Gasteiger partial charge in [-0.2, -0.15) is 13.2 Å². The molecule has 0 bridgehead atoms. The first-order chi connectivity index (χ1) is 9.68. The Morgan fingerprint density at radius 1 is 1.00 bits per heavy atom. The summed E-state index contributed by atoms with van der Waals surface area (Å²) in [5, 5.41) is 2.10. The molecule has 0 aromatic heterocycles. The summed E-state index contributed by atoms with van der Waals surface area (Å²) in [7, 11) is 0. The molecule has 2 rings (SSSR count). The van der Waals surface area contributed by atoms with E-state index < -0.39 is 29.1 Å². The SMILES string of the molecule is Nc1cc(F)c(Nc2cc(C(F)(F)F)ccc2Cl)c(F)c1.